The summed E-state index contributed by atoms with van der Waals surface area (Å²) < 4.78 is 129. The van der Waals surface area contributed by atoms with Gasteiger partial charge in [-0.1, -0.05) is 63.1 Å². The van der Waals surface area contributed by atoms with Crippen LogP contribution >= 0.6 is 21.6 Å². The lowest BCUT2D eigenvalue weighted by Crippen LogP contribution is -2.36. The molecule has 0 aliphatic heterocycles. The SMILES string of the molecule is CC(C)(C)C(CCC(N)CSSCC(N)CCC(C(C)(C)C)S(=O)(=O)O)S(=O)(=O)O.O=C(O)C(F)(F)F.O=C(O)C(F)(F)F. The smallest absolute Gasteiger partial charge is 0.475 e. The first kappa shape index (κ1) is 47.4. The molecule has 266 valence electrons. The summed E-state index contributed by atoms with van der Waals surface area (Å²) in [4.78, 5) is 17.8. The summed E-state index contributed by atoms with van der Waals surface area (Å²) in [6.07, 6.45) is -8.64. The van der Waals surface area contributed by atoms with Gasteiger partial charge in [0.05, 0.1) is 10.5 Å². The quantitative estimate of drug-likeness (QED) is 0.0663. The Hall–Kier alpha value is -1.04. The van der Waals surface area contributed by atoms with Crippen molar-refractivity contribution in [3.8, 4) is 0 Å². The lowest BCUT2D eigenvalue weighted by Gasteiger charge is -2.29. The van der Waals surface area contributed by atoms with Crippen LogP contribution in [0, 0.1) is 10.8 Å². The first-order chi connectivity index (χ1) is 19.1. The molecule has 22 heteroatoms. The summed E-state index contributed by atoms with van der Waals surface area (Å²) in [6, 6.07) is -0.426. The molecule has 0 aromatic heterocycles. The van der Waals surface area contributed by atoms with Crippen LogP contribution in [0.25, 0.3) is 0 Å². The largest absolute Gasteiger partial charge is 0.490 e. The number of carboxylic acid groups (broad SMARTS) is 2. The van der Waals surface area contributed by atoms with Crippen LogP contribution in [0.2, 0.25) is 0 Å². The summed E-state index contributed by atoms with van der Waals surface area (Å²) in [6.45, 7) is 10.6. The molecule has 0 aromatic carbocycles. The molecule has 0 saturated heterocycles. The van der Waals surface area contributed by atoms with Crippen LogP contribution in [-0.2, 0) is 29.8 Å². The fourth-order valence-electron chi connectivity index (χ4n) is 3.23. The normalized spacial score (nSPS) is 15.9. The lowest BCUT2D eigenvalue weighted by molar-refractivity contribution is -0.193. The van der Waals surface area contributed by atoms with Gasteiger partial charge in [0, 0.05) is 23.6 Å². The Labute approximate surface area is 261 Å². The molecular weight excluding hydrogens is 695 g/mol. The zero-order valence-electron chi connectivity index (χ0n) is 24.8. The minimum absolute atomic E-state index is 0.213. The number of alkyl halides is 6. The number of aliphatic carboxylic acids is 2. The van der Waals surface area contributed by atoms with Crippen LogP contribution in [-0.4, -0.2) is 94.5 Å². The number of carboxylic acids is 2. The second kappa shape index (κ2) is 18.9. The standard InChI is InChI=1S/C18H40N2O6S4.2C2HF3O2/c1-17(2,3)15(29(21,22)23)9-7-13(19)11-27-28-12-14(20)8-10-16(18(4,5)6)30(24,25)26;2*3-2(4,5)1(6)7/h13-16H,7-12,19-20H2,1-6H3,(H,21,22,23)(H,24,25,26);2*(H,6,7). The molecule has 0 saturated carbocycles. The number of hydrogen-bond donors (Lipinski definition) is 6. The van der Waals surface area contributed by atoms with Crippen molar-refractivity contribution < 1.29 is 72.1 Å². The second-order valence-electron chi connectivity index (χ2n) is 11.6. The molecule has 0 spiro atoms. The molecular formula is C22H42F6N2O10S4. The van der Waals surface area contributed by atoms with Crippen molar-refractivity contribution in [2.75, 3.05) is 11.5 Å². The molecule has 0 bridgehead atoms. The van der Waals surface area contributed by atoms with E-state index in [1.54, 1.807) is 41.5 Å². The van der Waals surface area contributed by atoms with Crippen LogP contribution in [0.4, 0.5) is 26.3 Å². The van der Waals surface area contributed by atoms with Gasteiger partial charge in [-0.3, -0.25) is 9.11 Å². The second-order valence-corrected chi connectivity index (χ2v) is 17.3. The van der Waals surface area contributed by atoms with E-state index in [2.05, 4.69) is 0 Å². The summed E-state index contributed by atoms with van der Waals surface area (Å²) in [7, 11) is -5.20. The molecule has 0 heterocycles. The first-order valence-corrected chi connectivity index (χ1v) is 17.9. The van der Waals surface area contributed by atoms with Gasteiger partial charge >= 0.3 is 24.3 Å². The van der Waals surface area contributed by atoms with Crippen molar-refractivity contribution in [3.63, 3.8) is 0 Å². The Morgan fingerprint density at radius 3 is 0.955 bits per heavy atom. The van der Waals surface area contributed by atoms with Crippen LogP contribution in [0.5, 0.6) is 0 Å². The molecule has 44 heavy (non-hydrogen) atoms. The number of halogens is 6. The van der Waals surface area contributed by atoms with Gasteiger partial charge < -0.3 is 21.7 Å². The average Bonchev–Trinajstić information content (AvgIpc) is 2.72. The Balaban J connectivity index is -0.000000982. The van der Waals surface area contributed by atoms with E-state index in [0.717, 1.165) is 0 Å². The molecule has 0 aliphatic rings. The molecule has 0 radical (unpaired) electrons. The van der Waals surface area contributed by atoms with Crippen molar-refractivity contribution in [2.45, 2.75) is 102 Å². The topological polar surface area (TPSA) is 235 Å². The van der Waals surface area contributed by atoms with Crippen LogP contribution < -0.4 is 11.5 Å². The average molecular weight is 737 g/mol. The molecule has 8 N–H and O–H groups in total. The van der Waals surface area contributed by atoms with E-state index in [1.165, 1.54) is 21.6 Å². The fourth-order valence-corrected chi connectivity index (χ4v) is 8.38. The minimum atomic E-state index is -5.08. The van der Waals surface area contributed by atoms with Gasteiger partial charge in [-0.2, -0.15) is 43.2 Å². The van der Waals surface area contributed by atoms with Gasteiger partial charge in [-0.05, 0) is 36.5 Å². The Bertz CT molecular complexity index is 1000. The van der Waals surface area contributed by atoms with E-state index >= 15 is 0 Å². The third-order valence-corrected chi connectivity index (χ3v) is 11.3. The van der Waals surface area contributed by atoms with Gasteiger partial charge in [0.15, 0.2) is 0 Å². The van der Waals surface area contributed by atoms with Gasteiger partial charge in [0.1, 0.15) is 0 Å². The van der Waals surface area contributed by atoms with Gasteiger partial charge in [0.25, 0.3) is 20.2 Å². The van der Waals surface area contributed by atoms with Crippen LogP contribution in [0.15, 0.2) is 0 Å². The van der Waals surface area contributed by atoms with Crippen molar-refractivity contribution in [3.05, 3.63) is 0 Å². The van der Waals surface area contributed by atoms with E-state index in [4.69, 9.17) is 31.3 Å². The monoisotopic (exact) mass is 736 g/mol. The highest BCUT2D eigenvalue weighted by molar-refractivity contribution is 8.76. The maximum absolute atomic E-state index is 11.6. The Morgan fingerprint density at radius 2 is 0.818 bits per heavy atom. The molecule has 0 aromatic rings. The van der Waals surface area contributed by atoms with Gasteiger partial charge in [-0.15, -0.1) is 0 Å². The van der Waals surface area contributed by atoms with E-state index in [-0.39, 0.29) is 24.9 Å². The van der Waals surface area contributed by atoms with E-state index < -0.39 is 65.9 Å². The van der Waals surface area contributed by atoms with Crippen LogP contribution in [0.3, 0.4) is 0 Å². The van der Waals surface area contributed by atoms with Gasteiger partial charge in [0.2, 0.25) is 0 Å². The maximum atomic E-state index is 11.6. The highest BCUT2D eigenvalue weighted by Gasteiger charge is 2.39. The zero-order chi connectivity index (χ0) is 36.1. The summed E-state index contributed by atoms with van der Waals surface area (Å²) in [5, 5.41) is 12.5. The van der Waals surface area contributed by atoms with Gasteiger partial charge in [-0.25, -0.2) is 9.59 Å². The number of hydrogen-bond acceptors (Lipinski definition) is 10. The molecule has 0 aliphatic carbocycles. The van der Waals surface area contributed by atoms with Crippen molar-refractivity contribution in [2.24, 2.45) is 22.3 Å². The Kier molecular flexibility index (Phi) is 20.4. The third-order valence-electron chi connectivity index (χ3n) is 5.38. The van der Waals surface area contributed by atoms with Crippen molar-refractivity contribution in [1.82, 2.24) is 0 Å². The lowest BCUT2D eigenvalue weighted by atomic mass is 9.88. The van der Waals surface area contributed by atoms with Crippen molar-refractivity contribution in [1.29, 1.82) is 0 Å². The number of nitrogens with two attached hydrogens (primary N) is 2. The highest BCUT2D eigenvalue weighted by Crippen LogP contribution is 2.32. The molecule has 0 rings (SSSR count). The Morgan fingerprint density at radius 1 is 0.614 bits per heavy atom. The molecule has 4 atom stereocenters. The number of rotatable bonds is 13. The summed E-state index contributed by atoms with van der Waals surface area (Å²) in [5.74, 6) is -4.30. The minimum Gasteiger partial charge on any atom is -0.475 e. The third kappa shape index (κ3) is 24.2. The molecule has 12 nitrogen and oxygen atoms in total. The van der Waals surface area contributed by atoms with E-state index in [9.17, 15) is 52.3 Å². The summed E-state index contributed by atoms with van der Waals surface area (Å²) in [5.41, 5.74) is 11.0. The summed E-state index contributed by atoms with van der Waals surface area (Å²) >= 11 is 0. The zero-order valence-corrected chi connectivity index (χ0v) is 28.1. The first-order valence-electron chi connectivity index (χ1n) is 12.4. The van der Waals surface area contributed by atoms with E-state index in [0.29, 0.717) is 24.3 Å². The molecule has 0 amide bonds. The number of carbonyl (C=O) groups is 2. The van der Waals surface area contributed by atoms with E-state index in [1.807, 2.05) is 0 Å². The molecule has 4 unspecified atom stereocenters. The predicted octanol–water partition coefficient (Wildman–Crippen LogP) is 4.45. The van der Waals surface area contributed by atoms with Crippen molar-refractivity contribution >= 4 is 53.8 Å². The maximum Gasteiger partial charge on any atom is 0.490 e. The van der Waals surface area contributed by atoms with Crippen LogP contribution in [0.1, 0.15) is 67.2 Å². The fraction of sp³-hybridized carbons (Fsp3) is 0.909. The predicted molar refractivity (Wildman–Crippen MR) is 156 cm³/mol. The molecule has 0 fully saturated rings. The highest BCUT2D eigenvalue weighted by atomic mass is 33.1.